The fourth-order valence-electron chi connectivity index (χ4n) is 0.357. The highest BCUT2D eigenvalue weighted by Gasteiger charge is 1.88. The molecule has 0 aliphatic rings. The minimum atomic E-state index is 0.397. The predicted molar refractivity (Wildman–Crippen MR) is 38.5 cm³/mol. The molecule has 0 aromatic heterocycles. The molecule has 0 spiro atoms. The lowest BCUT2D eigenvalue weighted by Gasteiger charge is -1.87. The van der Waals surface area contributed by atoms with Crippen molar-refractivity contribution in [1.82, 2.24) is 0 Å². The summed E-state index contributed by atoms with van der Waals surface area (Å²) < 4.78 is 10.4. The summed E-state index contributed by atoms with van der Waals surface area (Å²) in [7, 11) is 0. The topological polar surface area (TPSA) is 17.1 Å². The van der Waals surface area contributed by atoms with Gasteiger partial charge in [0.2, 0.25) is 0 Å². The van der Waals surface area contributed by atoms with Gasteiger partial charge >= 0.3 is 0 Å². The van der Waals surface area contributed by atoms with Crippen LogP contribution in [-0.2, 0) is 11.3 Å². The summed E-state index contributed by atoms with van der Waals surface area (Å²) in [6, 6.07) is 0. The molecule has 0 heterocycles. The van der Waals surface area contributed by atoms with Crippen LogP contribution in [0.25, 0.3) is 0 Å². The second-order valence-electron chi connectivity index (χ2n) is 1.54. The molecule has 0 aliphatic carbocycles. The Hall–Kier alpha value is 0.180. The second kappa shape index (κ2) is 5.32. The Morgan fingerprint density at radius 2 is 2.38 bits per heavy atom. The van der Waals surface area contributed by atoms with Gasteiger partial charge in [0.15, 0.2) is 0 Å². The molecule has 0 bridgehead atoms. The maximum atomic E-state index is 9.88. The molecular weight excluding hydrogens is 144 g/mol. The largest absolute Gasteiger partial charge is 0.211 e. The fourth-order valence-corrected chi connectivity index (χ4v) is 0.719. The zero-order valence-corrected chi connectivity index (χ0v) is 6.39. The average molecular weight is 153 g/mol. The van der Waals surface area contributed by atoms with E-state index in [2.05, 4.69) is 6.92 Å². The van der Waals surface area contributed by atoms with Crippen LogP contribution in [0.3, 0.4) is 0 Å². The van der Waals surface area contributed by atoms with Crippen molar-refractivity contribution in [2.45, 2.75) is 26.2 Å². The number of unbranched alkanes of at least 4 members (excludes halogenated alkanes) is 1. The molecule has 0 radical (unpaired) electrons. The zero-order chi connectivity index (χ0) is 6.41. The van der Waals surface area contributed by atoms with E-state index in [4.69, 9.17) is 11.6 Å². The molecule has 0 unspecified atom stereocenters. The van der Waals surface area contributed by atoms with E-state index in [0.717, 1.165) is 19.3 Å². The van der Waals surface area contributed by atoms with E-state index in [0.29, 0.717) is 15.6 Å². The van der Waals surface area contributed by atoms with Crippen molar-refractivity contribution in [3.8, 4) is 0 Å². The quantitative estimate of drug-likeness (QED) is 0.445. The van der Waals surface area contributed by atoms with Crippen molar-refractivity contribution in [1.29, 1.82) is 0 Å². The maximum Gasteiger partial charge on any atom is 0.111 e. The maximum absolute atomic E-state index is 9.88. The SMILES string of the molecule is CCCCC(Cl)=S=O. The van der Waals surface area contributed by atoms with E-state index in [1.165, 1.54) is 0 Å². The predicted octanol–water partition coefficient (Wildman–Crippen LogP) is 1.76. The van der Waals surface area contributed by atoms with Crippen molar-refractivity contribution >= 4 is 27.2 Å². The minimum Gasteiger partial charge on any atom is -0.211 e. The van der Waals surface area contributed by atoms with Crippen molar-refractivity contribution in [2.24, 2.45) is 0 Å². The zero-order valence-electron chi connectivity index (χ0n) is 4.82. The summed E-state index contributed by atoms with van der Waals surface area (Å²) in [5.74, 6) is 0. The molecule has 48 valence electrons. The lowest BCUT2D eigenvalue weighted by Crippen LogP contribution is -1.83. The fraction of sp³-hybridized carbons (Fsp3) is 0.800. The van der Waals surface area contributed by atoms with Gasteiger partial charge in [0, 0.05) is 0 Å². The first-order valence-corrected chi connectivity index (χ1v) is 3.74. The first-order valence-electron chi connectivity index (χ1n) is 2.62. The lowest BCUT2D eigenvalue weighted by atomic mass is 10.3. The molecule has 0 N–H and O–H groups in total. The van der Waals surface area contributed by atoms with Crippen molar-refractivity contribution in [3.05, 3.63) is 0 Å². The molecule has 0 amide bonds. The van der Waals surface area contributed by atoms with Gasteiger partial charge in [-0.1, -0.05) is 24.9 Å². The summed E-state index contributed by atoms with van der Waals surface area (Å²) in [6.45, 7) is 2.07. The third-order valence-electron chi connectivity index (χ3n) is 0.817. The number of halogens is 1. The summed E-state index contributed by atoms with van der Waals surface area (Å²) >= 11 is 5.81. The molecule has 0 saturated heterocycles. The monoisotopic (exact) mass is 152 g/mol. The van der Waals surface area contributed by atoms with Gasteiger partial charge in [0.25, 0.3) is 0 Å². The Morgan fingerprint density at radius 1 is 1.75 bits per heavy atom. The van der Waals surface area contributed by atoms with Crippen molar-refractivity contribution in [2.75, 3.05) is 0 Å². The Bertz CT molecular complexity index is 107. The third kappa shape index (κ3) is 4.34. The van der Waals surface area contributed by atoms with Crippen LogP contribution in [-0.4, -0.2) is 8.53 Å². The molecule has 0 aliphatic heterocycles. The highest BCUT2D eigenvalue weighted by atomic mass is 35.5. The van der Waals surface area contributed by atoms with Gasteiger partial charge in [-0.15, -0.1) is 0 Å². The van der Waals surface area contributed by atoms with E-state index in [9.17, 15) is 4.21 Å². The van der Waals surface area contributed by atoms with Crippen molar-refractivity contribution in [3.63, 3.8) is 0 Å². The molecule has 0 rings (SSSR count). The van der Waals surface area contributed by atoms with Crippen LogP contribution in [0, 0.1) is 0 Å². The standard InChI is InChI=1S/C5H9ClOS/c1-2-3-4-5(6)8-7/h2-4H2,1H3. The van der Waals surface area contributed by atoms with Crippen LogP contribution in [0.5, 0.6) is 0 Å². The molecule has 8 heavy (non-hydrogen) atoms. The van der Waals surface area contributed by atoms with E-state index < -0.39 is 0 Å². The van der Waals surface area contributed by atoms with E-state index in [1.807, 2.05) is 0 Å². The molecule has 0 saturated carbocycles. The smallest absolute Gasteiger partial charge is 0.111 e. The Balaban J connectivity index is 3.26. The number of rotatable bonds is 3. The summed E-state index contributed by atoms with van der Waals surface area (Å²) in [5.41, 5.74) is 0. The van der Waals surface area contributed by atoms with E-state index in [-0.39, 0.29) is 0 Å². The Morgan fingerprint density at radius 3 is 2.75 bits per heavy atom. The molecule has 0 fully saturated rings. The van der Waals surface area contributed by atoms with Gasteiger partial charge in [-0.2, -0.15) is 0 Å². The number of hydrogen-bond donors (Lipinski definition) is 0. The molecular formula is C5H9ClOS. The Kier molecular flexibility index (Phi) is 5.44. The first kappa shape index (κ1) is 8.18. The van der Waals surface area contributed by atoms with Gasteiger partial charge in [0.1, 0.15) is 15.6 Å². The molecule has 1 nitrogen and oxygen atoms in total. The molecule has 0 aromatic rings. The third-order valence-corrected chi connectivity index (χ3v) is 1.58. The summed E-state index contributed by atoms with van der Waals surface area (Å²) in [4.78, 5) is 0. The highest BCUT2D eigenvalue weighted by Crippen LogP contribution is 1.97. The van der Waals surface area contributed by atoms with Crippen LogP contribution >= 0.6 is 11.6 Å². The first-order chi connectivity index (χ1) is 3.81. The average Bonchev–Trinajstić information content (AvgIpc) is 1.83. The van der Waals surface area contributed by atoms with Crippen LogP contribution in [0.1, 0.15) is 26.2 Å². The highest BCUT2D eigenvalue weighted by molar-refractivity contribution is 7.70. The molecule has 0 atom stereocenters. The van der Waals surface area contributed by atoms with Crippen LogP contribution < -0.4 is 0 Å². The van der Waals surface area contributed by atoms with E-state index >= 15 is 0 Å². The minimum absolute atomic E-state index is 0.397. The van der Waals surface area contributed by atoms with Crippen molar-refractivity contribution < 1.29 is 4.21 Å². The number of hydrogen-bond acceptors (Lipinski definition) is 1. The summed E-state index contributed by atoms with van der Waals surface area (Å²) in [5, 5.41) is 0. The second-order valence-corrected chi connectivity index (χ2v) is 2.88. The normalized spacial score (nSPS) is 8.75. The Labute approximate surface area is 58.1 Å². The summed E-state index contributed by atoms with van der Waals surface area (Å²) in [6.07, 6.45) is 2.87. The van der Waals surface area contributed by atoms with E-state index in [1.54, 1.807) is 0 Å². The van der Waals surface area contributed by atoms with Gasteiger partial charge in [-0.3, -0.25) is 0 Å². The van der Waals surface area contributed by atoms with Crippen LogP contribution in [0.2, 0.25) is 0 Å². The molecule has 0 aromatic carbocycles. The lowest BCUT2D eigenvalue weighted by molar-refractivity contribution is 0.700. The molecule has 3 heteroatoms. The van der Waals surface area contributed by atoms with Gasteiger partial charge < -0.3 is 0 Å². The van der Waals surface area contributed by atoms with Crippen LogP contribution in [0.4, 0.5) is 0 Å². The van der Waals surface area contributed by atoms with Gasteiger partial charge in [0.05, 0.1) is 0 Å². The van der Waals surface area contributed by atoms with Gasteiger partial charge in [-0.05, 0) is 12.8 Å². The van der Waals surface area contributed by atoms with Crippen LogP contribution in [0.15, 0.2) is 0 Å². The van der Waals surface area contributed by atoms with Gasteiger partial charge in [-0.25, -0.2) is 4.21 Å².